The lowest BCUT2D eigenvalue weighted by atomic mass is 9.99. The van der Waals surface area contributed by atoms with Crippen LogP contribution in [0.3, 0.4) is 0 Å². The minimum atomic E-state index is -1.43. The number of hydrogen-bond donors (Lipinski definition) is 0. The first kappa shape index (κ1) is 21.6. The Bertz CT molecular complexity index is 1480. The second-order valence-electron chi connectivity index (χ2n) is 10.0. The maximum absolute atomic E-state index is 15.2. The third kappa shape index (κ3) is 3.78. The standard InChI is InChI=1S/C29H28FNOSi/c1-18(2)20-15-16-31-26(17-20)24-8-6-7-22-23-13-14-25(30)27(29(23)32-28(22)24)19-9-11-21(12-10-19)33(3,4)5/h6-18H,1-5H3. The van der Waals surface area contributed by atoms with Crippen LogP contribution in [0.4, 0.5) is 4.39 Å². The molecule has 0 N–H and O–H groups in total. The number of furan rings is 1. The van der Waals surface area contributed by atoms with Crippen molar-refractivity contribution in [2.24, 2.45) is 0 Å². The van der Waals surface area contributed by atoms with E-state index in [-0.39, 0.29) is 5.82 Å². The lowest BCUT2D eigenvalue weighted by Gasteiger charge is -2.17. The lowest BCUT2D eigenvalue weighted by Crippen LogP contribution is -2.37. The van der Waals surface area contributed by atoms with Crippen molar-refractivity contribution >= 4 is 35.2 Å². The number of halogens is 1. The van der Waals surface area contributed by atoms with E-state index in [1.54, 1.807) is 6.07 Å². The molecule has 0 saturated heterocycles. The van der Waals surface area contributed by atoms with Gasteiger partial charge in [-0.05, 0) is 47.4 Å². The number of hydrogen-bond acceptors (Lipinski definition) is 2. The summed E-state index contributed by atoms with van der Waals surface area (Å²) in [6.45, 7) is 11.3. The van der Waals surface area contributed by atoms with E-state index in [1.165, 1.54) is 10.8 Å². The summed E-state index contributed by atoms with van der Waals surface area (Å²) in [5, 5.41) is 3.23. The zero-order chi connectivity index (χ0) is 23.3. The van der Waals surface area contributed by atoms with Crippen LogP contribution in [0.1, 0.15) is 25.3 Å². The Morgan fingerprint density at radius 3 is 2.27 bits per heavy atom. The second kappa shape index (κ2) is 7.96. The Balaban J connectivity index is 1.74. The molecule has 0 radical (unpaired) electrons. The molecule has 0 unspecified atom stereocenters. The van der Waals surface area contributed by atoms with Gasteiger partial charge in [-0.25, -0.2) is 4.39 Å². The van der Waals surface area contributed by atoms with E-state index in [2.05, 4.69) is 56.7 Å². The fraction of sp³-hybridized carbons (Fsp3) is 0.207. The molecule has 5 rings (SSSR count). The van der Waals surface area contributed by atoms with Crippen LogP contribution < -0.4 is 5.19 Å². The van der Waals surface area contributed by atoms with E-state index in [9.17, 15) is 0 Å². The van der Waals surface area contributed by atoms with E-state index < -0.39 is 8.07 Å². The van der Waals surface area contributed by atoms with Gasteiger partial charge in [0, 0.05) is 22.5 Å². The van der Waals surface area contributed by atoms with Gasteiger partial charge in [0.25, 0.3) is 0 Å². The van der Waals surface area contributed by atoms with Gasteiger partial charge in [0.05, 0.1) is 19.3 Å². The number of pyridine rings is 1. The Morgan fingerprint density at radius 2 is 1.58 bits per heavy atom. The molecule has 33 heavy (non-hydrogen) atoms. The van der Waals surface area contributed by atoms with E-state index in [1.807, 2.05) is 48.7 Å². The predicted octanol–water partition coefficient (Wildman–Crippen LogP) is 8.12. The summed E-state index contributed by atoms with van der Waals surface area (Å²) >= 11 is 0. The van der Waals surface area contributed by atoms with Crippen LogP contribution >= 0.6 is 0 Å². The van der Waals surface area contributed by atoms with Crippen LogP contribution in [0, 0.1) is 5.82 Å². The average Bonchev–Trinajstić information content (AvgIpc) is 3.17. The summed E-state index contributed by atoms with van der Waals surface area (Å²) in [6.07, 6.45) is 1.84. The molecule has 0 amide bonds. The van der Waals surface area contributed by atoms with Gasteiger partial charge in [0.2, 0.25) is 0 Å². The van der Waals surface area contributed by atoms with Gasteiger partial charge in [-0.2, -0.15) is 0 Å². The molecule has 5 aromatic rings. The lowest BCUT2D eigenvalue weighted by molar-refractivity contribution is 0.622. The van der Waals surface area contributed by atoms with E-state index >= 15 is 4.39 Å². The number of benzene rings is 3. The van der Waals surface area contributed by atoms with Crippen molar-refractivity contribution in [1.29, 1.82) is 0 Å². The van der Waals surface area contributed by atoms with Gasteiger partial charge in [0.1, 0.15) is 17.0 Å². The van der Waals surface area contributed by atoms with Crippen molar-refractivity contribution in [1.82, 2.24) is 4.98 Å². The minimum absolute atomic E-state index is 0.274. The first-order chi connectivity index (χ1) is 15.7. The summed E-state index contributed by atoms with van der Waals surface area (Å²) in [4.78, 5) is 4.61. The molecule has 166 valence electrons. The van der Waals surface area contributed by atoms with Crippen molar-refractivity contribution in [2.45, 2.75) is 39.4 Å². The van der Waals surface area contributed by atoms with Crippen LogP contribution in [0.5, 0.6) is 0 Å². The van der Waals surface area contributed by atoms with E-state index in [0.29, 0.717) is 17.1 Å². The quantitative estimate of drug-likeness (QED) is 0.257. The molecule has 0 bridgehead atoms. The fourth-order valence-corrected chi connectivity index (χ4v) is 5.57. The average molecular weight is 454 g/mol. The first-order valence-corrected chi connectivity index (χ1v) is 14.9. The number of para-hydroxylation sites is 1. The summed E-state index contributed by atoms with van der Waals surface area (Å²) in [5.74, 6) is 0.130. The molecule has 3 aromatic carbocycles. The molecular formula is C29H28FNOSi. The summed E-state index contributed by atoms with van der Waals surface area (Å²) in [5.41, 5.74) is 5.69. The first-order valence-electron chi connectivity index (χ1n) is 11.4. The molecule has 0 spiro atoms. The molecule has 0 aliphatic rings. The number of nitrogens with zero attached hydrogens (tertiary/aromatic N) is 1. The van der Waals surface area contributed by atoms with Crippen LogP contribution in [0.25, 0.3) is 44.3 Å². The Morgan fingerprint density at radius 1 is 0.848 bits per heavy atom. The van der Waals surface area contributed by atoms with Crippen LogP contribution in [-0.2, 0) is 0 Å². The van der Waals surface area contributed by atoms with Gasteiger partial charge < -0.3 is 4.42 Å². The number of aromatic nitrogens is 1. The maximum Gasteiger partial charge on any atom is 0.146 e. The third-order valence-corrected chi connectivity index (χ3v) is 8.45. The largest absolute Gasteiger partial charge is 0.455 e. The second-order valence-corrected chi connectivity index (χ2v) is 15.1. The SMILES string of the molecule is CC(C)c1ccnc(-c2cccc3c2oc2c(-c4ccc([Si](C)(C)C)cc4)c(F)ccc23)c1. The van der Waals surface area contributed by atoms with Crippen molar-refractivity contribution in [3.8, 4) is 22.4 Å². The highest BCUT2D eigenvalue weighted by Gasteiger charge is 2.21. The normalized spacial score (nSPS) is 12.2. The Hall–Kier alpha value is -3.24. The summed E-state index contributed by atoms with van der Waals surface area (Å²) < 4.78 is 21.6. The number of fused-ring (bicyclic) bond motifs is 3. The molecule has 0 saturated carbocycles. The van der Waals surface area contributed by atoms with Gasteiger partial charge in [-0.15, -0.1) is 0 Å². The fourth-order valence-electron chi connectivity index (χ4n) is 4.40. The molecule has 0 aliphatic carbocycles. The topological polar surface area (TPSA) is 26.0 Å². The molecule has 2 aromatic heterocycles. The molecular weight excluding hydrogens is 425 g/mol. The highest BCUT2D eigenvalue weighted by molar-refractivity contribution is 6.88. The third-order valence-electron chi connectivity index (χ3n) is 6.38. The van der Waals surface area contributed by atoms with Gasteiger partial charge in [0.15, 0.2) is 0 Å². The van der Waals surface area contributed by atoms with Crippen LogP contribution in [0.15, 0.2) is 77.3 Å². The van der Waals surface area contributed by atoms with Crippen molar-refractivity contribution in [3.63, 3.8) is 0 Å². The van der Waals surface area contributed by atoms with Gasteiger partial charge in [-0.3, -0.25) is 4.98 Å². The van der Waals surface area contributed by atoms with Gasteiger partial charge >= 0.3 is 0 Å². The van der Waals surface area contributed by atoms with E-state index in [0.717, 1.165) is 33.2 Å². The monoisotopic (exact) mass is 453 g/mol. The number of rotatable bonds is 4. The summed E-state index contributed by atoms with van der Waals surface area (Å²) in [6, 6.07) is 21.9. The molecule has 0 aliphatic heterocycles. The molecule has 4 heteroatoms. The van der Waals surface area contributed by atoms with Crippen molar-refractivity contribution < 1.29 is 8.81 Å². The molecule has 0 fully saturated rings. The highest BCUT2D eigenvalue weighted by atomic mass is 28.3. The zero-order valence-electron chi connectivity index (χ0n) is 19.7. The smallest absolute Gasteiger partial charge is 0.146 e. The Kier molecular flexibility index (Phi) is 5.21. The molecule has 2 nitrogen and oxygen atoms in total. The van der Waals surface area contributed by atoms with E-state index in [4.69, 9.17) is 4.42 Å². The van der Waals surface area contributed by atoms with Crippen molar-refractivity contribution in [3.05, 3.63) is 84.3 Å². The Labute approximate surface area is 195 Å². The molecule has 0 atom stereocenters. The predicted molar refractivity (Wildman–Crippen MR) is 139 cm³/mol. The maximum atomic E-state index is 15.2. The van der Waals surface area contributed by atoms with Crippen LogP contribution in [0.2, 0.25) is 19.6 Å². The van der Waals surface area contributed by atoms with Crippen LogP contribution in [-0.4, -0.2) is 13.1 Å². The van der Waals surface area contributed by atoms with Crippen molar-refractivity contribution in [2.75, 3.05) is 0 Å². The summed E-state index contributed by atoms with van der Waals surface area (Å²) in [7, 11) is -1.43. The van der Waals surface area contributed by atoms with Gasteiger partial charge in [-0.1, -0.05) is 75.1 Å². The minimum Gasteiger partial charge on any atom is -0.455 e. The zero-order valence-corrected chi connectivity index (χ0v) is 20.7. The molecule has 2 heterocycles. The highest BCUT2D eigenvalue weighted by Crippen LogP contribution is 2.40.